The standard InChI is InChI=1S/C16H24Ge/c1-16(2,3)13-10-11-15(12-13)17(4,5)14-8-6-7-9-14/h6-12,14-15H,1-5H3. The Hall–Kier alpha value is -0.497. The summed E-state index contributed by atoms with van der Waals surface area (Å²) < 4.78 is 1.49. The van der Waals surface area contributed by atoms with Crippen LogP contribution in [0.1, 0.15) is 20.8 Å². The van der Waals surface area contributed by atoms with Crippen molar-refractivity contribution in [2.24, 2.45) is 5.41 Å². The molecule has 0 aliphatic heterocycles. The third-order valence-electron chi connectivity index (χ3n) is 4.17. The van der Waals surface area contributed by atoms with Gasteiger partial charge >= 0.3 is 109 Å². The van der Waals surface area contributed by atoms with E-state index in [0.717, 1.165) is 9.50 Å². The molecule has 1 unspecified atom stereocenters. The Bertz CT molecular complexity index is 401. The molecule has 0 nitrogen and oxygen atoms in total. The Kier molecular flexibility index (Phi) is 3.28. The van der Waals surface area contributed by atoms with Gasteiger partial charge in [0, 0.05) is 0 Å². The molecule has 2 aliphatic rings. The van der Waals surface area contributed by atoms with E-state index < -0.39 is 13.3 Å². The van der Waals surface area contributed by atoms with Crippen molar-refractivity contribution in [1.82, 2.24) is 0 Å². The second-order valence-electron chi connectivity index (χ2n) is 6.87. The fraction of sp³-hybridized carbons (Fsp3) is 0.500. The number of allylic oxidation sites excluding steroid dienone is 8. The van der Waals surface area contributed by atoms with Crippen LogP contribution in [0.15, 0.2) is 48.1 Å². The van der Waals surface area contributed by atoms with E-state index in [1.54, 1.807) is 0 Å². The number of hydrogen-bond acceptors (Lipinski definition) is 0. The summed E-state index contributed by atoms with van der Waals surface area (Å²) in [5.41, 5.74) is 1.82. The maximum absolute atomic E-state index is 2.56. The molecule has 0 saturated carbocycles. The van der Waals surface area contributed by atoms with Gasteiger partial charge in [0.05, 0.1) is 0 Å². The molecule has 17 heavy (non-hydrogen) atoms. The van der Waals surface area contributed by atoms with Gasteiger partial charge in [0.2, 0.25) is 0 Å². The molecular formula is C16H24Ge. The zero-order valence-electron chi connectivity index (χ0n) is 11.7. The molecule has 0 aromatic rings. The quantitative estimate of drug-likeness (QED) is 0.620. The zero-order valence-corrected chi connectivity index (χ0v) is 13.8. The van der Waals surface area contributed by atoms with Crippen LogP contribution in [0.2, 0.25) is 21.0 Å². The average molecular weight is 289 g/mol. The van der Waals surface area contributed by atoms with Crippen molar-refractivity contribution < 1.29 is 0 Å². The third-order valence-corrected chi connectivity index (χ3v) is 12.9. The van der Waals surface area contributed by atoms with Gasteiger partial charge in [-0.3, -0.25) is 0 Å². The van der Waals surface area contributed by atoms with Gasteiger partial charge in [-0.15, -0.1) is 0 Å². The number of hydrogen-bond donors (Lipinski definition) is 0. The van der Waals surface area contributed by atoms with E-state index in [4.69, 9.17) is 0 Å². The van der Waals surface area contributed by atoms with Gasteiger partial charge in [-0.05, 0) is 0 Å². The minimum atomic E-state index is -1.84. The third kappa shape index (κ3) is 2.52. The fourth-order valence-electron chi connectivity index (χ4n) is 2.62. The summed E-state index contributed by atoms with van der Waals surface area (Å²) in [7, 11) is 0. The summed E-state index contributed by atoms with van der Waals surface area (Å²) >= 11 is -1.84. The SMILES string of the molecule is CC(C)(C)C1=C[CH]([Ge]([CH3])([CH3])[CH]2C=CC=C2)C=C1. The van der Waals surface area contributed by atoms with Gasteiger partial charge in [0.15, 0.2) is 0 Å². The summed E-state index contributed by atoms with van der Waals surface area (Å²) in [6.45, 7) is 6.92. The van der Waals surface area contributed by atoms with Gasteiger partial charge in [-0.25, -0.2) is 0 Å². The summed E-state index contributed by atoms with van der Waals surface area (Å²) in [6.07, 6.45) is 16.6. The predicted octanol–water partition coefficient (Wildman–Crippen LogP) is 5.10. The van der Waals surface area contributed by atoms with Crippen molar-refractivity contribution in [3.8, 4) is 0 Å². The van der Waals surface area contributed by atoms with Crippen LogP contribution >= 0.6 is 0 Å². The van der Waals surface area contributed by atoms with E-state index >= 15 is 0 Å². The van der Waals surface area contributed by atoms with Crippen molar-refractivity contribution in [2.75, 3.05) is 0 Å². The fourth-order valence-corrected chi connectivity index (χ4v) is 8.63. The van der Waals surface area contributed by atoms with Crippen LogP contribution in [-0.4, -0.2) is 13.3 Å². The molecule has 0 spiro atoms. The monoisotopic (exact) mass is 290 g/mol. The van der Waals surface area contributed by atoms with Crippen LogP contribution in [-0.2, 0) is 0 Å². The van der Waals surface area contributed by atoms with Gasteiger partial charge in [-0.2, -0.15) is 0 Å². The van der Waals surface area contributed by atoms with Crippen LogP contribution < -0.4 is 0 Å². The van der Waals surface area contributed by atoms with E-state index in [1.165, 1.54) is 5.57 Å². The molecule has 0 heterocycles. The van der Waals surface area contributed by atoms with Gasteiger partial charge < -0.3 is 0 Å². The first-order chi connectivity index (χ1) is 7.82. The maximum atomic E-state index is 2.56. The molecule has 0 saturated heterocycles. The molecule has 0 bridgehead atoms. The molecule has 1 heteroatoms. The Morgan fingerprint density at radius 1 is 0.941 bits per heavy atom. The van der Waals surface area contributed by atoms with Crippen molar-refractivity contribution in [2.45, 2.75) is 41.8 Å². The Balaban J connectivity index is 2.21. The average Bonchev–Trinajstić information content (AvgIpc) is 2.89. The van der Waals surface area contributed by atoms with Crippen LogP contribution in [0.3, 0.4) is 0 Å². The van der Waals surface area contributed by atoms with E-state index in [9.17, 15) is 0 Å². The minimum absolute atomic E-state index is 0.297. The summed E-state index contributed by atoms with van der Waals surface area (Å²) in [5, 5.41) is 0. The molecule has 0 fully saturated rings. The topological polar surface area (TPSA) is 0 Å². The van der Waals surface area contributed by atoms with Crippen LogP contribution in [0.5, 0.6) is 0 Å². The van der Waals surface area contributed by atoms with E-state index in [0.29, 0.717) is 5.41 Å². The predicted molar refractivity (Wildman–Crippen MR) is 79.9 cm³/mol. The summed E-state index contributed by atoms with van der Waals surface area (Å²) in [6, 6.07) is 0. The first kappa shape index (κ1) is 12.9. The van der Waals surface area contributed by atoms with Crippen molar-refractivity contribution in [1.29, 1.82) is 0 Å². The molecule has 0 N–H and O–H groups in total. The Labute approximate surface area is 109 Å². The molecular weight excluding hydrogens is 265 g/mol. The van der Waals surface area contributed by atoms with Crippen molar-refractivity contribution in [3.63, 3.8) is 0 Å². The molecule has 0 radical (unpaired) electrons. The first-order valence-electron chi connectivity index (χ1n) is 6.57. The first-order valence-corrected chi connectivity index (χ1v) is 13.2. The van der Waals surface area contributed by atoms with Crippen molar-refractivity contribution >= 4 is 13.3 Å². The molecule has 0 aromatic heterocycles. The van der Waals surface area contributed by atoms with Crippen molar-refractivity contribution in [3.05, 3.63) is 48.1 Å². The van der Waals surface area contributed by atoms with E-state index in [2.05, 4.69) is 74.8 Å². The molecule has 0 amide bonds. The Morgan fingerprint density at radius 3 is 2.00 bits per heavy atom. The number of rotatable bonds is 2. The molecule has 2 aliphatic carbocycles. The van der Waals surface area contributed by atoms with Crippen LogP contribution in [0, 0.1) is 5.41 Å². The van der Waals surface area contributed by atoms with E-state index in [-0.39, 0.29) is 0 Å². The summed E-state index contributed by atoms with van der Waals surface area (Å²) in [4.78, 5) is 0. The molecule has 92 valence electrons. The molecule has 2 rings (SSSR count). The molecule has 0 aromatic carbocycles. The Morgan fingerprint density at radius 2 is 1.53 bits per heavy atom. The zero-order chi connectivity index (χ0) is 12.7. The van der Waals surface area contributed by atoms with Gasteiger partial charge in [-0.1, -0.05) is 0 Å². The normalized spacial score (nSPS) is 24.8. The van der Waals surface area contributed by atoms with Crippen LogP contribution in [0.4, 0.5) is 0 Å². The second kappa shape index (κ2) is 4.31. The van der Waals surface area contributed by atoms with Crippen LogP contribution in [0.25, 0.3) is 0 Å². The second-order valence-corrected chi connectivity index (χ2v) is 17.3. The summed E-state index contributed by atoms with van der Waals surface area (Å²) in [5.74, 6) is 5.11. The molecule has 1 atom stereocenters. The van der Waals surface area contributed by atoms with Gasteiger partial charge in [0.25, 0.3) is 0 Å². The van der Waals surface area contributed by atoms with Gasteiger partial charge in [0.1, 0.15) is 0 Å². The van der Waals surface area contributed by atoms with E-state index in [1.807, 2.05) is 0 Å².